The molecule has 0 bridgehead atoms. The minimum atomic E-state index is -1.20. The fraction of sp³-hybridized carbons (Fsp3) is 0.370. The van der Waals surface area contributed by atoms with Crippen LogP contribution in [0.2, 0.25) is 0 Å². The molecule has 0 aliphatic carbocycles. The maximum absolute atomic E-state index is 14.9. The number of hydrogen-bond donors (Lipinski definition) is 2. The lowest BCUT2D eigenvalue weighted by molar-refractivity contribution is 0.106. The number of nitrogens with one attached hydrogen (secondary N) is 2. The smallest absolute Gasteiger partial charge is 0.325 e. The Morgan fingerprint density at radius 1 is 1.26 bits per heavy atom. The Labute approximate surface area is 219 Å². The highest BCUT2D eigenvalue weighted by Crippen LogP contribution is 2.35. The largest absolute Gasteiger partial charge is 0.496 e. The number of alkyl halides is 1. The average Bonchev–Trinajstić information content (AvgIpc) is 3.57. The van der Waals surface area contributed by atoms with E-state index in [1.165, 1.54) is 17.7 Å². The van der Waals surface area contributed by atoms with E-state index in [0.29, 0.717) is 23.6 Å². The molecule has 2 N–H and O–H groups in total. The summed E-state index contributed by atoms with van der Waals surface area (Å²) >= 11 is 0. The van der Waals surface area contributed by atoms with Crippen molar-refractivity contribution in [2.75, 3.05) is 26.7 Å². The van der Waals surface area contributed by atoms with E-state index < -0.39 is 18.2 Å². The number of fused-ring (bicyclic) bond motifs is 2. The van der Waals surface area contributed by atoms with Crippen molar-refractivity contribution in [3.8, 4) is 17.0 Å². The summed E-state index contributed by atoms with van der Waals surface area (Å²) in [5, 5.41) is 14.8. The topological polar surface area (TPSA) is 87.5 Å². The van der Waals surface area contributed by atoms with Gasteiger partial charge < -0.3 is 20.3 Å². The van der Waals surface area contributed by atoms with Crippen molar-refractivity contribution < 1.29 is 18.3 Å². The number of methoxy groups -OCH3 is 1. The first-order valence-corrected chi connectivity index (χ1v) is 12.7. The summed E-state index contributed by atoms with van der Waals surface area (Å²) in [7, 11) is 1.50. The van der Waals surface area contributed by atoms with Crippen LogP contribution >= 0.6 is 0 Å². The molecule has 0 spiro atoms. The minimum Gasteiger partial charge on any atom is -0.496 e. The first-order valence-electron chi connectivity index (χ1n) is 12.7. The number of nitrogens with zero attached hydrogens (tertiary/aromatic N) is 5. The Balaban J connectivity index is 1.16. The maximum atomic E-state index is 14.9. The molecule has 5 aliphatic heterocycles. The third-order valence-electron chi connectivity index (χ3n) is 7.51. The Morgan fingerprint density at radius 2 is 2.16 bits per heavy atom. The zero-order valence-corrected chi connectivity index (χ0v) is 21.0. The monoisotopic (exact) mass is 521 g/mol. The molecule has 3 atom stereocenters. The molecule has 38 heavy (non-hydrogen) atoms. The third-order valence-corrected chi connectivity index (χ3v) is 7.51. The summed E-state index contributed by atoms with van der Waals surface area (Å²) in [6.45, 7) is 1.74. The van der Waals surface area contributed by atoms with E-state index in [1.54, 1.807) is 30.6 Å². The van der Waals surface area contributed by atoms with Crippen LogP contribution in [0.25, 0.3) is 11.3 Å². The Kier molecular flexibility index (Phi) is 6.44. The first-order chi connectivity index (χ1) is 18.5. The molecule has 1 fully saturated rings. The number of hydrogen-bond acceptors (Lipinski definition) is 7. The molecule has 0 aromatic heterocycles. The predicted molar refractivity (Wildman–Crippen MR) is 137 cm³/mol. The van der Waals surface area contributed by atoms with Crippen LogP contribution in [0.1, 0.15) is 30.0 Å². The van der Waals surface area contributed by atoms with Gasteiger partial charge in [0.05, 0.1) is 24.5 Å². The molecule has 11 heteroatoms. The van der Waals surface area contributed by atoms with Crippen molar-refractivity contribution in [2.24, 2.45) is 0 Å². The average molecular weight is 522 g/mol. The van der Waals surface area contributed by atoms with Gasteiger partial charge in [-0.15, -0.1) is 0 Å². The van der Waals surface area contributed by atoms with Crippen LogP contribution in [0.15, 0.2) is 61.0 Å². The summed E-state index contributed by atoms with van der Waals surface area (Å²) in [5.74, 6) is 1.27. The molecule has 9 nitrogen and oxygen atoms in total. The summed E-state index contributed by atoms with van der Waals surface area (Å²) in [5.41, 5.74) is 2.77. The van der Waals surface area contributed by atoms with Gasteiger partial charge in [-0.25, -0.2) is 13.6 Å². The lowest BCUT2D eigenvalue weighted by atomic mass is 9.94. The van der Waals surface area contributed by atoms with E-state index in [9.17, 15) is 13.6 Å². The van der Waals surface area contributed by atoms with Crippen molar-refractivity contribution >= 4 is 6.03 Å². The van der Waals surface area contributed by atoms with Gasteiger partial charge in [-0.3, -0.25) is 9.47 Å². The quantitative estimate of drug-likeness (QED) is 0.532. The molecule has 5 heterocycles. The molecule has 1 aromatic carbocycles. The van der Waals surface area contributed by atoms with Crippen molar-refractivity contribution in [3.63, 3.8) is 0 Å². The van der Waals surface area contributed by atoms with Crippen LogP contribution in [-0.2, 0) is 6.54 Å². The minimum absolute atomic E-state index is 0.129. The van der Waals surface area contributed by atoms with Crippen LogP contribution in [-0.4, -0.2) is 69.6 Å². The summed E-state index contributed by atoms with van der Waals surface area (Å²) < 4.78 is 36.1. The molecule has 0 saturated carbocycles. The number of piperidine rings is 1. The molecular weight excluding hydrogens is 492 g/mol. The number of carbonyl (C=O) groups excluding carboxylic acids is 1. The van der Waals surface area contributed by atoms with Crippen LogP contribution < -0.4 is 15.4 Å². The number of carbonyl (C=O) groups is 1. The fourth-order valence-electron chi connectivity index (χ4n) is 5.45. The molecule has 0 radical (unpaired) electrons. The van der Waals surface area contributed by atoms with Gasteiger partial charge in [0.2, 0.25) is 0 Å². The lowest BCUT2D eigenvalue weighted by Gasteiger charge is -2.35. The molecule has 3 unspecified atom stereocenters. The third kappa shape index (κ3) is 4.58. The number of amides is 1. The number of allylic oxidation sites excluding steroid dienone is 1. The molecule has 6 rings (SSSR count). The predicted octanol–water partition coefficient (Wildman–Crippen LogP) is 3.41. The van der Waals surface area contributed by atoms with E-state index in [1.807, 2.05) is 17.3 Å². The maximum Gasteiger partial charge on any atom is 0.325 e. The zero-order chi connectivity index (χ0) is 26.2. The molecule has 1 saturated heterocycles. The number of ether oxygens (including phenoxy) is 1. The van der Waals surface area contributed by atoms with Crippen molar-refractivity contribution in [1.82, 2.24) is 35.2 Å². The van der Waals surface area contributed by atoms with Crippen molar-refractivity contribution in [2.45, 2.75) is 37.5 Å². The van der Waals surface area contributed by atoms with Gasteiger partial charge in [0.1, 0.15) is 23.6 Å². The fourth-order valence-corrected chi connectivity index (χ4v) is 5.45. The normalized spacial score (nSPS) is 23.2. The SMILES string of the molecule is COc1cccc(F)c1CN1CCC(F)C(NC(=O)n2ccc3nnc(C4CC=C5NC=CN5C4)c-3c2)C1. The molecule has 1 aromatic rings. The second-order valence-corrected chi connectivity index (χ2v) is 9.89. The van der Waals surface area contributed by atoms with E-state index in [2.05, 4.69) is 31.8 Å². The van der Waals surface area contributed by atoms with E-state index in [-0.39, 0.29) is 31.2 Å². The van der Waals surface area contributed by atoms with Crippen LogP contribution in [0, 0.1) is 5.82 Å². The number of pyridine rings is 1. The Bertz CT molecular complexity index is 1370. The van der Waals surface area contributed by atoms with Gasteiger partial charge in [-0.2, -0.15) is 10.2 Å². The highest BCUT2D eigenvalue weighted by molar-refractivity contribution is 5.79. The number of aromatic nitrogens is 3. The number of likely N-dealkylation sites (tertiary alicyclic amines) is 1. The lowest BCUT2D eigenvalue weighted by Crippen LogP contribution is -2.54. The van der Waals surface area contributed by atoms with Gasteiger partial charge in [0.15, 0.2) is 0 Å². The van der Waals surface area contributed by atoms with Gasteiger partial charge in [0.25, 0.3) is 0 Å². The standard InChI is InChI=1S/C27H29F2N7O2/c1-38-24-4-2-3-20(28)18(24)14-34-10-7-21(29)23(16-34)31-27(37)36-11-8-22-19(15-36)26(33-32-22)17-5-6-25-30-9-12-35(25)13-17/h2-4,6,8-9,11-12,15,17,21,23,30H,5,7,10,13-14,16H2,1H3,(H,31,37). The highest BCUT2D eigenvalue weighted by Gasteiger charge is 2.32. The van der Waals surface area contributed by atoms with Crippen LogP contribution in [0.3, 0.4) is 0 Å². The van der Waals surface area contributed by atoms with E-state index in [0.717, 1.165) is 30.0 Å². The van der Waals surface area contributed by atoms with Crippen LogP contribution in [0.4, 0.5) is 13.6 Å². The summed E-state index contributed by atoms with van der Waals surface area (Å²) in [6, 6.07) is 5.26. The number of halogens is 2. The second kappa shape index (κ2) is 10.1. The second-order valence-electron chi connectivity index (χ2n) is 9.89. The van der Waals surface area contributed by atoms with Gasteiger partial charge >= 0.3 is 6.03 Å². The zero-order valence-electron chi connectivity index (χ0n) is 21.0. The molecule has 5 aliphatic rings. The van der Waals surface area contributed by atoms with Crippen molar-refractivity contribution in [3.05, 3.63) is 78.0 Å². The first kappa shape index (κ1) is 24.4. The van der Waals surface area contributed by atoms with Crippen molar-refractivity contribution in [1.29, 1.82) is 0 Å². The Hall–Kier alpha value is -3.99. The summed E-state index contributed by atoms with van der Waals surface area (Å²) in [6.07, 6.45) is 9.20. The van der Waals surface area contributed by atoms with Crippen LogP contribution in [0.5, 0.6) is 5.75 Å². The molecular formula is C27H29F2N7O2. The van der Waals surface area contributed by atoms with E-state index >= 15 is 0 Å². The van der Waals surface area contributed by atoms with Gasteiger partial charge in [-0.1, -0.05) is 6.07 Å². The van der Waals surface area contributed by atoms with Gasteiger partial charge in [-0.05, 0) is 37.1 Å². The van der Waals surface area contributed by atoms with E-state index in [4.69, 9.17) is 4.74 Å². The summed E-state index contributed by atoms with van der Waals surface area (Å²) in [4.78, 5) is 17.3. The Morgan fingerprint density at radius 3 is 3.03 bits per heavy atom. The molecule has 198 valence electrons. The highest BCUT2D eigenvalue weighted by atomic mass is 19.1. The number of rotatable bonds is 5. The van der Waals surface area contributed by atoms with Gasteiger partial charge in [0, 0.05) is 68.0 Å². The number of benzene rings is 1. The molecule has 1 amide bonds.